The molecule has 0 radical (unpaired) electrons. The van der Waals surface area contributed by atoms with Crippen molar-refractivity contribution < 1.29 is 9.21 Å². The summed E-state index contributed by atoms with van der Waals surface area (Å²) in [6, 6.07) is 0. The largest absolute Gasteiger partial charge is 0.415 e. The normalized spacial score (nSPS) is 17.4. The van der Waals surface area contributed by atoms with Gasteiger partial charge in [-0.3, -0.25) is 9.69 Å². The molecule has 0 saturated carbocycles. The molecule has 2 heterocycles. The van der Waals surface area contributed by atoms with Gasteiger partial charge in [0, 0.05) is 6.54 Å². The minimum atomic E-state index is -0.270. The number of amides is 1. The van der Waals surface area contributed by atoms with Gasteiger partial charge in [-0.1, -0.05) is 24.3 Å². The van der Waals surface area contributed by atoms with E-state index in [-0.39, 0.29) is 11.2 Å². The summed E-state index contributed by atoms with van der Waals surface area (Å²) in [5, 5.41) is 11.0. The molecule has 21 heavy (non-hydrogen) atoms. The first-order chi connectivity index (χ1) is 10.2. The predicted octanol–water partition coefficient (Wildman–Crippen LogP) is 1.84. The molecule has 116 valence electrons. The van der Waals surface area contributed by atoms with Crippen molar-refractivity contribution in [2.24, 2.45) is 0 Å². The first kappa shape index (κ1) is 16.0. The lowest BCUT2D eigenvalue weighted by Gasteiger charge is -2.24. The molecule has 0 unspecified atom stereocenters. The number of nitrogens with zero attached hydrogens (tertiary/aromatic N) is 3. The monoisotopic (exact) mass is 310 g/mol. The molecule has 1 amide bonds. The summed E-state index contributed by atoms with van der Waals surface area (Å²) in [7, 11) is 0. The molecule has 1 aromatic heterocycles. The Labute approximate surface area is 129 Å². The number of hydrogen-bond acceptors (Lipinski definition) is 6. The zero-order valence-electron chi connectivity index (χ0n) is 12.4. The Morgan fingerprint density at radius 2 is 2.24 bits per heavy atom. The van der Waals surface area contributed by atoms with E-state index >= 15 is 0 Å². The van der Waals surface area contributed by atoms with Gasteiger partial charge in [0.1, 0.15) is 0 Å². The minimum absolute atomic E-state index is 0.0596. The summed E-state index contributed by atoms with van der Waals surface area (Å²) in [6.45, 7) is 8.73. The van der Waals surface area contributed by atoms with Gasteiger partial charge in [0.05, 0.1) is 11.8 Å². The van der Waals surface area contributed by atoms with E-state index in [0.29, 0.717) is 24.2 Å². The van der Waals surface area contributed by atoms with E-state index < -0.39 is 0 Å². The van der Waals surface area contributed by atoms with Gasteiger partial charge in [0.25, 0.3) is 5.22 Å². The number of carbonyl (C=O) groups is 1. The van der Waals surface area contributed by atoms with E-state index in [1.54, 1.807) is 6.08 Å². The summed E-state index contributed by atoms with van der Waals surface area (Å²) >= 11 is 1.28. The molecule has 1 fully saturated rings. The number of thioether (sulfide) groups is 1. The Morgan fingerprint density at radius 3 is 2.95 bits per heavy atom. The molecule has 1 aromatic rings. The summed E-state index contributed by atoms with van der Waals surface area (Å²) in [4.78, 5) is 14.1. The first-order valence-electron chi connectivity index (χ1n) is 7.29. The second-order valence-electron chi connectivity index (χ2n) is 5.09. The smallest absolute Gasteiger partial charge is 0.277 e. The molecule has 1 aliphatic heterocycles. The Hall–Kier alpha value is -1.34. The molecule has 1 aliphatic rings. The third kappa shape index (κ3) is 5.17. The van der Waals surface area contributed by atoms with Gasteiger partial charge < -0.3 is 9.73 Å². The van der Waals surface area contributed by atoms with Crippen LogP contribution in [0.15, 0.2) is 22.3 Å². The lowest BCUT2D eigenvalue weighted by Crippen LogP contribution is -2.30. The summed E-state index contributed by atoms with van der Waals surface area (Å²) in [5.74, 6) is 0.564. The lowest BCUT2D eigenvalue weighted by molar-refractivity contribution is -0.120. The van der Waals surface area contributed by atoms with Gasteiger partial charge in [-0.15, -0.1) is 16.8 Å². The Morgan fingerprint density at radius 1 is 1.48 bits per heavy atom. The van der Waals surface area contributed by atoms with Gasteiger partial charge >= 0.3 is 0 Å². The second-order valence-corrected chi connectivity index (χ2v) is 6.38. The maximum Gasteiger partial charge on any atom is 0.277 e. The molecule has 0 aromatic carbocycles. The second kappa shape index (κ2) is 8.19. The molecule has 0 spiro atoms. The summed E-state index contributed by atoms with van der Waals surface area (Å²) in [6.07, 6.45) is 5.42. The SMILES string of the molecule is C=CCNC(=O)[C@H](C)Sc1nnc(CN2CCCCC2)o1. The number of nitrogens with one attached hydrogen (secondary N) is 1. The van der Waals surface area contributed by atoms with Crippen LogP contribution in [-0.2, 0) is 11.3 Å². The van der Waals surface area contributed by atoms with E-state index in [4.69, 9.17) is 4.42 Å². The molecular weight excluding hydrogens is 288 g/mol. The number of piperidine rings is 1. The van der Waals surface area contributed by atoms with Crippen LogP contribution >= 0.6 is 11.8 Å². The van der Waals surface area contributed by atoms with Crippen molar-refractivity contribution in [1.82, 2.24) is 20.4 Å². The average molecular weight is 310 g/mol. The fraction of sp³-hybridized carbons (Fsp3) is 0.643. The third-order valence-corrected chi connectivity index (χ3v) is 4.26. The Bertz CT molecular complexity index is 471. The fourth-order valence-electron chi connectivity index (χ4n) is 2.18. The molecule has 0 aliphatic carbocycles. The van der Waals surface area contributed by atoms with Crippen molar-refractivity contribution in [2.45, 2.75) is 43.2 Å². The molecule has 0 bridgehead atoms. The van der Waals surface area contributed by atoms with Crippen molar-refractivity contribution in [2.75, 3.05) is 19.6 Å². The highest BCUT2D eigenvalue weighted by Gasteiger charge is 2.19. The number of likely N-dealkylation sites (tertiary alicyclic amines) is 1. The maximum absolute atomic E-state index is 11.8. The van der Waals surface area contributed by atoms with Gasteiger partial charge in [0.2, 0.25) is 11.8 Å². The third-order valence-electron chi connectivity index (χ3n) is 3.32. The summed E-state index contributed by atoms with van der Waals surface area (Å²) < 4.78 is 5.61. The zero-order valence-corrected chi connectivity index (χ0v) is 13.2. The van der Waals surface area contributed by atoms with E-state index in [0.717, 1.165) is 13.1 Å². The number of rotatable bonds is 7. The van der Waals surface area contributed by atoms with Crippen LogP contribution in [0.1, 0.15) is 32.1 Å². The highest BCUT2D eigenvalue weighted by Crippen LogP contribution is 2.22. The van der Waals surface area contributed by atoms with Crippen LogP contribution in [0.25, 0.3) is 0 Å². The molecule has 1 saturated heterocycles. The fourth-order valence-corrected chi connectivity index (χ4v) is 2.90. The number of carbonyl (C=O) groups excluding carboxylic acids is 1. The molecule has 7 heteroatoms. The maximum atomic E-state index is 11.8. The van der Waals surface area contributed by atoms with Crippen LogP contribution in [0, 0.1) is 0 Å². The van der Waals surface area contributed by atoms with Crippen LogP contribution < -0.4 is 5.32 Å². The van der Waals surface area contributed by atoms with Crippen LogP contribution in [0.5, 0.6) is 0 Å². The number of aromatic nitrogens is 2. The van der Waals surface area contributed by atoms with Crippen molar-refractivity contribution in [3.8, 4) is 0 Å². The van der Waals surface area contributed by atoms with Crippen molar-refractivity contribution in [3.63, 3.8) is 0 Å². The van der Waals surface area contributed by atoms with Gasteiger partial charge in [0.15, 0.2) is 0 Å². The molecule has 1 N–H and O–H groups in total. The minimum Gasteiger partial charge on any atom is -0.415 e. The van der Waals surface area contributed by atoms with Crippen molar-refractivity contribution >= 4 is 17.7 Å². The zero-order chi connectivity index (χ0) is 15.1. The standard InChI is InChI=1S/C14H22N4O2S/c1-3-7-15-13(19)11(2)21-14-17-16-12(20-14)10-18-8-5-4-6-9-18/h3,11H,1,4-10H2,2H3,(H,15,19)/t11-/m0/s1. The highest BCUT2D eigenvalue weighted by atomic mass is 32.2. The van der Waals surface area contributed by atoms with Crippen LogP contribution in [0.4, 0.5) is 0 Å². The quantitative estimate of drug-likeness (QED) is 0.612. The molecule has 6 nitrogen and oxygen atoms in total. The van der Waals surface area contributed by atoms with E-state index in [1.807, 2.05) is 6.92 Å². The predicted molar refractivity (Wildman–Crippen MR) is 82.0 cm³/mol. The van der Waals surface area contributed by atoms with Gasteiger partial charge in [-0.25, -0.2) is 0 Å². The van der Waals surface area contributed by atoms with Crippen LogP contribution in [0.2, 0.25) is 0 Å². The van der Waals surface area contributed by atoms with E-state index in [1.165, 1.54) is 31.0 Å². The van der Waals surface area contributed by atoms with Crippen LogP contribution in [-0.4, -0.2) is 45.9 Å². The van der Waals surface area contributed by atoms with E-state index in [9.17, 15) is 4.79 Å². The van der Waals surface area contributed by atoms with Crippen molar-refractivity contribution in [1.29, 1.82) is 0 Å². The molecule has 1 atom stereocenters. The highest BCUT2D eigenvalue weighted by molar-refractivity contribution is 8.00. The van der Waals surface area contributed by atoms with E-state index in [2.05, 4.69) is 27.0 Å². The lowest BCUT2D eigenvalue weighted by atomic mass is 10.1. The Kier molecular flexibility index (Phi) is 6.25. The van der Waals surface area contributed by atoms with Crippen molar-refractivity contribution in [3.05, 3.63) is 18.5 Å². The Balaban J connectivity index is 1.81. The average Bonchev–Trinajstić information content (AvgIpc) is 2.92. The van der Waals surface area contributed by atoms with Crippen LogP contribution in [0.3, 0.4) is 0 Å². The molecular formula is C14H22N4O2S. The van der Waals surface area contributed by atoms with Gasteiger partial charge in [-0.05, 0) is 32.9 Å². The molecule has 2 rings (SSSR count). The number of hydrogen-bond donors (Lipinski definition) is 1. The summed E-state index contributed by atoms with van der Waals surface area (Å²) in [5.41, 5.74) is 0. The van der Waals surface area contributed by atoms with Gasteiger partial charge in [-0.2, -0.15) is 0 Å². The first-order valence-corrected chi connectivity index (χ1v) is 8.17. The topological polar surface area (TPSA) is 71.3 Å².